The standard InChI is InChI=1S/C44H30NO2P.C26H20.C19H12BrO2P/c46-43-35-19-7-13-25-41(35)48(47,42-26-14-8-20-36(42)43)34-29-27-33(28-30-34)45-39-23-11-9-21-37(39)44(31-15-3-1-4-16-31,32-17-5-2-6-18-32)38-22-10-12-24-40(38)45;1-3-13-22(14-4-1)26(23-15-5-2-6-16-23)24-17-9-7-11-20(24)19-21-12-8-10-18-25(21)26;20-13-9-11-14(12-10-13)23(22)17-7-3-1-5-15(17)19(21)16-6-2-4-8-18(16)23/h1-30H;1-18H,19H2;1-12H. The highest BCUT2D eigenvalue weighted by Gasteiger charge is 2.48. The van der Waals surface area contributed by atoms with Crippen LogP contribution in [-0.2, 0) is 26.4 Å². The molecule has 0 saturated heterocycles. The minimum Gasteiger partial charge on any atom is -0.310 e. The zero-order valence-corrected chi connectivity index (χ0v) is 56.1. The molecule has 3 heterocycles. The molecule has 97 heavy (non-hydrogen) atoms. The summed E-state index contributed by atoms with van der Waals surface area (Å²) in [5, 5.41) is 3.92. The van der Waals surface area contributed by atoms with E-state index < -0.39 is 19.7 Å². The monoisotopic (exact) mass is 1350 g/mol. The summed E-state index contributed by atoms with van der Waals surface area (Å²) in [6.07, 6.45) is 0.994. The molecule has 0 bridgehead atoms. The Kier molecular flexibility index (Phi) is 15.8. The Morgan fingerprint density at radius 3 is 0.897 bits per heavy atom. The van der Waals surface area contributed by atoms with Crippen molar-refractivity contribution in [3.8, 4) is 0 Å². The minimum atomic E-state index is -3.32. The van der Waals surface area contributed by atoms with Crippen molar-refractivity contribution in [1.29, 1.82) is 0 Å². The third-order valence-corrected chi connectivity index (χ3v) is 26.6. The number of nitrogens with zero attached hydrogens (tertiary/aromatic N) is 1. The van der Waals surface area contributed by atoms with E-state index in [0.717, 1.165) is 33.3 Å². The number of anilines is 3. The molecule has 18 rings (SSSR count). The molecule has 4 aliphatic rings. The molecule has 1 aliphatic carbocycles. The fourth-order valence-electron chi connectivity index (χ4n) is 15.6. The predicted octanol–water partition coefficient (Wildman–Crippen LogP) is 18.6. The molecule has 14 aromatic carbocycles. The number of benzene rings is 14. The van der Waals surface area contributed by atoms with Crippen LogP contribution in [0.2, 0.25) is 0 Å². The van der Waals surface area contributed by atoms with E-state index in [0.29, 0.717) is 48.8 Å². The van der Waals surface area contributed by atoms with Crippen LogP contribution in [0.4, 0.5) is 17.1 Å². The van der Waals surface area contributed by atoms with Crippen LogP contribution in [0.15, 0.2) is 368 Å². The van der Waals surface area contributed by atoms with Crippen LogP contribution in [0.1, 0.15) is 87.5 Å². The van der Waals surface area contributed by atoms with Gasteiger partial charge in [0.2, 0.25) is 0 Å². The van der Waals surface area contributed by atoms with E-state index in [-0.39, 0.29) is 17.0 Å². The van der Waals surface area contributed by atoms with Crippen LogP contribution in [0.3, 0.4) is 0 Å². The number of hydrogen-bond acceptors (Lipinski definition) is 5. The molecule has 0 radical (unpaired) electrons. The molecular formula is C89H62BrNO4P2. The Bertz CT molecular complexity index is 5160. The van der Waals surface area contributed by atoms with Crippen molar-refractivity contribution >= 4 is 90.7 Å². The molecule has 0 aromatic heterocycles. The highest BCUT2D eigenvalue weighted by atomic mass is 79.9. The first kappa shape index (κ1) is 61.1. The quantitative estimate of drug-likeness (QED) is 0.149. The molecule has 0 amide bonds. The lowest BCUT2D eigenvalue weighted by Crippen LogP contribution is -2.38. The van der Waals surface area contributed by atoms with Crippen molar-refractivity contribution < 1.29 is 18.7 Å². The summed E-state index contributed by atoms with van der Waals surface area (Å²) in [6, 6.07) is 123. The molecule has 8 heteroatoms. The van der Waals surface area contributed by atoms with Crippen molar-refractivity contribution in [3.63, 3.8) is 0 Å². The van der Waals surface area contributed by atoms with Crippen molar-refractivity contribution in [2.24, 2.45) is 0 Å². The van der Waals surface area contributed by atoms with Crippen molar-refractivity contribution in [2.45, 2.75) is 17.3 Å². The molecular weight excluding hydrogens is 1290 g/mol. The molecule has 0 spiro atoms. The van der Waals surface area contributed by atoms with Crippen LogP contribution >= 0.6 is 30.2 Å². The van der Waals surface area contributed by atoms with E-state index in [1.165, 1.54) is 55.6 Å². The van der Waals surface area contributed by atoms with Gasteiger partial charge in [0.1, 0.15) is 0 Å². The second-order valence-electron chi connectivity index (χ2n) is 24.8. The van der Waals surface area contributed by atoms with E-state index >= 15 is 4.57 Å². The topological polar surface area (TPSA) is 71.5 Å². The zero-order chi connectivity index (χ0) is 65.7. The summed E-state index contributed by atoms with van der Waals surface area (Å²) in [5.41, 5.74) is 17.5. The lowest BCUT2D eigenvalue weighted by atomic mass is 9.60. The molecule has 0 N–H and O–H groups in total. The van der Waals surface area contributed by atoms with Gasteiger partial charge in [-0.05, 0) is 123 Å². The summed E-state index contributed by atoms with van der Waals surface area (Å²) < 4.78 is 30.4. The van der Waals surface area contributed by atoms with Crippen molar-refractivity contribution in [1.82, 2.24) is 0 Å². The number of rotatable bonds is 7. The second kappa shape index (κ2) is 25.1. The largest absolute Gasteiger partial charge is 0.310 e. The summed E-state index contributed by atoms with van der Waals surface area (Å²) in [6.45, 7) is 0. The number of carbonyl (C=O) groups excluding carboxylic acids is 2. The smallest absolute Gasteiger partial charge is 0.194 e. The first-order chi connectivity index (χ1) is 47.7. The van der Waals surface area contributed by atoms with Crippen LogP contribution < -0.4 is 36.7 Å². The molecule has 0 saturated carbocycles. The third kappa shape index (κ3) is 9.80. The van der Waals surface area contributed by atoms with E-state index in [1.54, 1.807) is 24.3 Å². The summed E-state index contributed by atoms with van der Waals surface area (Å²) >= 11 is 3.42. The fraction of sp³-hybridized carbons (Fsp3) is 0.0337. The van der Waals surface area contributed by atoms with Gasteiger partial charge in [-0.25, -0.2) is 0 Å². The molecule has 0 fully saturated rings. The first-order valence-corrected chi connectivity index (χ1v) is 36.8. The van der Waals surface area contributed by atoms with Crippen molar-refractivity contribution in [2.75, 3.05) is 4.90 Å². The van der Waals surface area contributed by atoms with Gasteiger partial charge in [-0.1, -0.05) is 319 Å². The van der Waals surface area contributed by atoms with E-state index in [2.05, 4.69) is 251 Å². The van der Waals surface area contributed by atoms with Crippen LogP contribution in [0.25, 0.3) is 0 Å². The lowest BCUT2D eigenvalue weighted by Gasteiger charge is -2.46. The number of carbonyl (C=O) groups is 2. The summed E-state index contributed by atoms with van der Waals surface area (Å²) in [7, 11) is -6.36. The molecule has 464 valence electrons. The predicted molar refractivity (Wildman–Crippen MR) is 400 cm³/mol. The van der Waals surface area contributed by atoms with Gasteiger partial charge in [0.25, 0.3) is 0 Å². The highest BCUT2D eigenvalue weighted by molar-refractivity contribution is 9.10. The maximum absolute atomic E-state index is 15.3. The van der Waals surface area contributed by atoms with Gasteiger partial charge in [0.15, 0.2) is 25.9 Å². The lowest BCUT2D eigenvalue weighted by molar-refractivity contribution is 0.103. The van der Waals surface area contributed by atoms with E-state index in [4.69, 9.17) is 0 Å². The maximum Gasteiger partial charge on any atom is 0.194 e. The molecule has 3 aliphatic heterocycles. The Labute approximate surface area is 574 Å². The number of ketones is 2. The highest BCUT2D eigenvalue weighted by Crippen LogP contribution is 2.58. The summed E-state index contributed by atoms with van der Waals surface area (Å²) in [4.78, 5) is 28.5. The molecule has 14 aromatic rings. The molecule has 5 nitrogen and oxygen atoms in total. The Morgan fingerprint density at radius 1 is 0.278 bits per heavy atom. The average molecular weight is 1350 g/mol. The van der Waals surface area contributed by atoms with Gasteiger partial charge in [-0.2, -0.15) is 0 Å². The van der Waals surface area contributed by atoms with Gasteiger partial charge in [0, 0.05) is 64.2 Å². The van der Waals surface area contributed by atoms with Gasteiger partial charge < -0.3 is 14.0 Å². The Hall–Kier alpha value is -10.8. The fourth-order valence-corrected chi connectivity index (χ4v) is 21.9. The van der Waals surface area contributed by atoms with Gasteiger partial charge in [-0.15, -0.1) is 0 Å². The normalized spacial score (nSPS) is 14.8. The molecule has 0 unspecified atom stereocenters. The third-order valence-electron chi connectivity index (χ3n) is 19.8. The van der Waals surface area contributed by atoms with Crippen LogP contribution in [0, 0.1) is 0 Å². The van der Waals surface area contributed by atoms with Gasteiger partial charge in [0.05, 0.1) is 22.2 Å². The molecule has 0 atom stereocenters. The maximum atomic E-state index is 15.3. The van der Waals surface area contributed by atoms with Crippen LogP contribution in [-0.4, -0.2) is 11.6 Å². The van der Waals surface area contributed by atoms with Gasteiger partial charge in [-0.3, -0.25) is 9.59 Å². The zero-order valence-electron chi connectivity index (χ0n) is 52.7. The Balaban J connectivity index is 0.000000126. The second-order valence-corrected chi connectivity index (χ2v) is 31.1. The minimum absolute atomic E-state index is 0.0558. The number of fused-ring (bicyclic) bond motifs is 8. The first-order valence-electron chi connectivity index (χ1n) is 32.6. The van der Waals surface area contributed by atoms with E-state index in [1.807, 2.05) is 109 Å². The van der Waals surface area contributed by atoms with Gasteiger partial charge >= 0.3 is 0 Å². The number of hydrogen-bond donors (Lipinski definition) is 0. The van der Waals surface area contributed by atoms with E-state index in [9.17, 15) is 14.2 Å². The number of halogens is 1. The van der Waals surface area contributed by atoms with Crippen LogP contribution in [0.5, 0.6) is 0 Å². The SMILES string of the molecule is O=C1c2ccccc2P(=O)(c2ccc(Br)cc2)c2ccccc21.O=C1c2ccccc2P(=O)(c2ccc(N3c4ccccc4C(c4ccccc4)(c4ccccc4)c4ccccc43)cc2)c2ccccc21.c1ccc(C2(c3ccccc3)c3ccccc3Cc3ccccc32)cc1. The summed E-state index contributed by atoms with van der Waals surface area (Å²) in [5.74, 6) is -0.133. The Morgan fingerprint density at radius 2 is 0.546 bits per heavy atom. The van der Waals surface area contributed by atoms with Crippen molar-refractivity contribution in [3.05, 3.63) is 446 Å². The number of para-hydroxylation sites is 2. The average Bonchev–Trinajstić information content (AvgIpc) is 0.721.